The Balaban J connectivity index is 1.70. The molecule has 0 bridgehead atoms. The van der Waals surface area contributed by atoms with Crippen LogP contribution < -0.4 is 5.32 Å². The van der Waals surface area contributed by atoms with Gasteiger partial charge in [-0.1, -0.05) is 30.3 Å². The first-order valence-electron chi connectivity index (χ1n) is 10.4. The average Bonchev–Trinajstić information content (AvgIpc) is 3.14. The summed E-state index contributed by atoms with van der Waals surface area (Å²) in [7, 11) is 1.31. The summed E-state index contributed by atoms with van der Waals surface area (Å²) < 4.78 is 43.8. The minimum absolute atomic E-state index is 0.175. The van der Waals surface area contributed by atoms with Crippen LogP contribution in [0.25, 0.3) is 0 Å². The summed E-state index contributed by atoms with van der Waals surface area (Å²) in [4.78, 5) is 26.7. The van der Waals surface area contributed by atoms with Crippen LogP contribution in [-0.4, -0.2) is 36.0 Å². The number of esters is 1. The highest BCUT2D eigenvalue weighted by Crippen LogP contribution is 2.34. The molecule has 8 heteroatoms. The fraction of sp³-hybridized carbons (Fsp3) is 0.417. The van der Waals surface area contributed by atoms with Crippen molar-refractivity contribution in [3.63, 3.8) is 0 Å². The summed E-state index contributed by atoms with van der Waals surface area (Å²) >= 11 is 0. The molecule has 172 valence electrons. The number of likely N-dealkylation sites (tertiary alicyclic amines) is 1. The van der Waals surface area contributed by atoms with Gasteiger partial charge in [0.05, 0.1) is 29.8 Å². The lowest BCUT2D eigenvalue weighted by atomic mass is 9.95. The Morgan fingerprint density at radius 1 is 1.19 bits per heavy atom. The number of ether oxygens (including phenoxy) is 1. The van der Waals surface area contributed by atoms with Crippen LogP contribution in [0.3, 0.4) is 0 Å². The van der Waals surface area contributed by atoms with Crippen molar-refractivity contribution in [2.24, 2.45) is 0 Å². The van der Waals surface area contributed by atoms with Crippen molar-refractivity contribution in [2.45, 2.75) is 51.0 Å². The first-order valence-corrected chi connectivity index (χ1v) is 10.4. The van der Waals surface area contributed by atoms with E-state index in [1.54, 1.807) is 30.3 Å². The van der Waals surface area contributed by atoms with Gasteiger partial charge in [0.2, 0.25) is 5.91 Å². The lowest BCUT2D eigenvalue weighted by molar-refractivity contribution is -0.137. The third-order valence-corrected chi connectivity index (χ3v) is 6.09. The van der Waals surface area contributed by atoms with Crippen molar-refractivity contribution in [1.29, 1.82) is 0 Å². The van der Waals surface area contributed by atoms with Gasteiger partial charge in [0.15, 0.2) is 0 Å². The molecule has 3 rings (SSSR count). The standard InChI is InChI=1S/C24H27F3N2O3/c1-16(18-8-10-19(11-9-18)21(30)32-3)28-22(31)23(2)12-5-13-29(23)15-17-6-4-7-20(14-17)24(25,26)27/h4,6-11,14,16H,5,12-13,15H2,1-3H3,(H,28,31)/t16-,23+/m0/s1. The molecular formula is C24H27F3N2O3. The Morgan fingerprint density at radius 2 is 1.88 bits per heavy atom. The van der Waals surface area contributed by atoms with E-state index < -0.39 is 23.2 Å². The van der Waals surface area contributed by atoms with E-state index in [0.29, 0.717) is 24.1 Å². The number of amides is 1. The summed E-state index contributed by atoms with van der Waals surface area (Å²) in [6.45, 7) is 4.56. The molecule has 0 spiro atoms. The number of nitrogens with zero attached hydrogens (tertiary/aromatic N) is 1. The van der Waals surface area contributed by atoms with Crippen molar-refractivity contribution in [2.75, 3.05) is 13.7 Å². The van der Waals surface area contributed by atoms with E-state index in [2.05, 4.69) is 5.32 Å². The second-order valence-electron chi connectivity index (χ2n) is 8.31. The van der Waals surface area contributed by atoms with E-state index in [-0.39, 0.29) is 18.5 Å². The zero-order chi connectivity index (χ0) is 23.5. The van der Waals surface area contributed by atoms with Gasteiger partial charge in [-0.2, -0.15) is 13.2 Å². The van der Waals surface area contributed by atoms with Crippen LogP contribution in [-0.2, 0) is 22.3 Å². The monoisotopic (exact) mass is 448 g/mol. The summed E-state index contributed by atoms with van der Waals surface area (Å²) in [5.41, 5.74) is 0.257. The Morgan fingerprint density at radius 3 is 2.50 bits per heavy atom. The van der Waals surface area contributed by atoms with Crippen molar-refractivity contribution in [3.05, 3.63) is 70.8 Å². The molecule has 1 aliphatic rings. The largest absolute Gasteiger partial charge is 0.465 e. The van der Waals surface area contributed by atoms with Gasteiger partial charge in [-0.15, -0.1) is 0 Å². The maximum Gasteiger partial charge on any atom is 0.416 e. The fourth-order valence-corrected chi connectivity index (χ4v) is 4.06. The van der Waals surface area contributed by atoms with Gasteiger partial charge < -0.3 is 10.1 Å². The van der Waals surface area contributed by atoms with E-state index >= 15 is 0 Å². The molecule has 1 saturated heterocycles. The van der Waals surface area contributed by atoms with E-state index in [4.69, 9.17) is 4.74 Å². The van der Waals surface area contributed by atoms with Crippen molar-refractivity contribution in [3.8, 4) is 0 Å². The van der Waals surface area contributed by atoms with Gasteiger partial charge in [-0.3, -0.25) is 9.69 Å². The first kappa shape index (κ1) is 23.8. The van der Waals surface area contributed by atoms with Crippen LogP contribution in [0, 0.1) is 0 Å². The number of hydrogen-bond acceptors (Lipinski definition) is 4. The Bertz CT molecular complexity index is 975. The van der Waals surface area contributed by atoms with Gasteiger partial charge in [0.25, 0.3) is 0 Å². The highest BCUT2D eigenvalue weighted by molar-refractivity contribution is 5.89. The van der Waals surface area contributed by atoms with Gasteiger partial charge in [-0.05, 0) is 62.6 Å². The molecule has 5 nitrogen and oxygen atoms in total. The minimum Gasteiger partial charge on any atom is -0.465 e. The van der Waals surface area contributed by atoms with Crippen molar-refractivity contribution >= 4 is 11.9 Å². The van der Waals surface area contributed by atoms with Gasteiger partial charge >= 0.3 is 12.1 Å². The summed E-state index contributed by atoms with van der Waals surface area (Å²) in [5.74, 6) is -0.608. The van der Waals surface area contributed by atoms with Crippen LogP contribution >= 0.6 is 0 Å². The highest BCUT2D eigenvalue weighted by atomic mass is 19.4. The molecule has 0 unspecified atom stereocenters. The normalized spacial score (nSPS) is 20.1. The Hall–Kier alpha value is -2.87. The van der Waals surface area contributed by atoms with Gasteiger partial charge in [0, 0.05) is 6.54 Å². The SMILES string of the molecule is COC(=O)c1ccc([C@H](C)NC(=O)[C@@]2(C)CCCN2Cc2cccc(C(F)(F)F)c2)cc1. The molecule has 1 fully saturated rings. The van der Waals surface area contributed by atoms with E-state index in [1.165, 1.54) is 13.2 Å². The number of carbonyl (C=O) groups is 2. The summed E-state index contributed by atoms with van der Waals surface area (Å²) in [5, 5.41) is 3.02. The number of nitrogens with one attached hydrogen (secondary N) is 1. The second kappa shape index (κ2) is 9.32. The maximum atomic E-state index is 13.2. The molecule has 2 atom stereocenters. The zero-order valence-electron chi connectivity index (χ0n) is 18.3. The Labute approximate surface area is 185 Å². The van der Waals surface area contributed by atoms with Crippen LogP contribution in [0.2, 0.25) is 0 Å². The van der Waals surface area contributed by atoms with E-state index in [9.17, 15) is 22.8 Å². The third-order valence-electron chi connectivity index (χ3n) is 6.09. The third kappa shape index (κ3) is 5.12. The summed E-state index contributed by atoms with van der Waals surface area (Å²) in [6.07, 6.45) is -3.00. The van der Waals surface area contributed by atoms with Gasteiger partial charge in [0.1, 0.15) is 0 Å². The molecule has 1 aliphatic heterocycles. The van der Waals surface area contributed by atoms with Crippen molar-refractivity contribution < 1.29 is 27.5 Å². The van der Waals surface area contributed by atoms with Crippen LogP contribution in [0.15, 0.2) is 48.5 Å². The number of alkyl halides is 3. The molecule has 2 aromatic rings. The molecule has 2 aromatic carbocycles. The van der Waals surface area contributed by atoms with E-state index in [0.717, 1.165) is 24.1 Å². The number of halogens is 3. The topological polar surface area (TPSA) is 58.6 Å². The molecule has 0 saturated carbocycles. The van der Waals surface area contributed by atoms with Gasteiger partial charge in [-0.25, -0.2) is 4.79 Å². The number of benzene rings is 2. The predicted molar refractivity (Wildman–Crippen MR) is 114 cm³/mol. The molecule has 0 aromatic heterocycles. The number of hydrogen-bond donors (Lipinski definition) is 1. The number of rotatable bonds is 6. The van der Waals surface area contributed by atoms with Crippen LogP contribution in [0.5, 0.6) is 0 Å². The lowest BCUT2D eigenvalue weighted by Gasteiger charge is -2.35. The maximum absolute atomic E-state index is 13.2. The average molecular weight is 448 g/mol. The molecule has 1 amide bonds. The van der Waals surface area contributed by atoms with Crippen LogP contribution in [0.4, 0.5) is 13.2 Å². The van der Waals surface area contributed by atoms with Crippen molar-refractivity contribution in [1.82, 2.24) is 10.2 Å². The molecule has 32 heavy (non-hydrogen) atoms. The second-order valence-corrected chi connectivity index (χ2v) is 8.31. The fourth-order valence-electron chi connectivity index (χ4n) is 4.06. The smallest absolute Gasteiger partial charge is 0.416 e. The molecule has 1 heterocycles. The predicted octanol–water partition coefficient (Wildman–Crippen LogP) is 4.72. The lowest BCUT2D eigenvalue weighted by Crippen LogP contribution is -2.53. The summed E-state index contributed by atoms with van der Waals surface area (Å²) in [6, 6.07) is 11.7. The molecule has 0 aliphatic carbocycles. The Kier molecular flexibility index (Phi) is 6.93. The molecule has 1 N–H and O–H groups in total. The molecular weight excluding hydrogens is 421 g/mol. The van der Waals surface area contributed by atoms with E-state index in [1.807, 2.05) is 18.7 Å². The quantitative estimate of drug-likeness (QED) is 0.650. The van der Waals surface area contributed by atoms with Crippen LogP contribution in [0.1, 0.15) is 59.8 Å². The first-order chi connectivity index (χ1) is 15.0. The zero-order valence-corrected chi connectivity index (χ0v) is 18.3. The number of methoxy groups -OCH3 is 1. The highest BCUT2D eigenvalue weighted by Gasteiger charge is 2.43. The minimum atomic E-state index is -4.40. The number of carbonyl (C=O) groups excluding carboxylic acids is 2. The molecule has 0 radical (unpaired) electrons.